The molecule has 21 heavy (non-hydrogen) atoms. The van der Waals surface area contributed by atoms with Crippen molar-refractivity contribution in [1.82, 2.24) is 4.72 Å². The monoisotopic (exact) mass is 317 g/mol. The van der Waals surface area contributed by atoms with Gasteiger partial charge in [0.15, 0.2) is 0 Å². The molecule has 0 bridgehead atoms. The van der Waals surface area contributed by atoms with Crippen molar-refractivity contribution >= 4 is 16.0 Å². The Kier molecular flexibility index (Phi) is 6.05. The molecule has 2 saturated carbocycles. The van der Waals surface area contributed by atoms with Crippen molar-refractivity contribution in [3.05, 3.63) is 0 Å². The largest absolute Gasteiger partial charge is 0.469 e. The molecule has 5 nitrogen and oxygen atoms in total. The van der Waals surface area contributed by atoms with Gasteiger partial charge < -0.3 is 4.74 Å². The zero-order valence-corrected chi connectivity index (χ0v) is 13.7. The second-order valence-corrected chi connectivity index (χ2v) is 8.32. The number of ether oxygens (including phenoxy) is 1. The van der Waals surface area contributed by atoms with Crippen LogP contribution < -0.4 is 4.72 Å². The van der Waals surface area contributed by atoms with Crippen molar-refractivity contribution < 1.29 is 17.9 Å². The highest BCUT2D eigenvalue weighted by atomic mass is 32.2. The van der Waals surface area contributed by atoms with E-state index < -0.39 is 27.2 Å². The Hall–Kier alpha value is -0.620. The summed E-state index contributed by atoms with van der Waals surface area (Å²) in [6.07, 6.45) is 9.15. The van der Waals surface area contributed by atoms with Gasteiger partial charge in [-0.2, -0.15) is 0 Å². The van der Waals surface area contributed by atoms with Crippen LogP contribution in [0.5, 0.6) is 0 Å². The number of rotatable bonds is 7. The molecule has 2 aliphatic carbocycles. The third-order valence-electron chi connectivity index (χ3n) is 4.92. The molecule has 2 fully saturated rings. The van der Waals surface area contributed by atoms with E-state index in [9.17, 15) is 13.2 Å². The molecule has 0 aromatic heterocycles. The predicted octanol–water partition coefficient (Wildman–Crippen LogP) is 2.22. The Balaban J connectivity index is 1.78. The minimum absolute atomic E-state index is 0.395. The lowest BCUT2D eigenvalue weighted by Crippen LogP contribution is -2.39. The fourth-order valence-corrected chi connectivity index (χ4v) is 5.53. The molecule has 0 saturated heterocycles. The summed E-state index contributed by atoms with van der Waals surface area (Å²) in [4.78, 5) is 11.7. The molecule has 0 aliphatic heterocycles. The van der Waals surface area contributed by atoms with Crippen LogP contribution in [0.15, 0.2) is 0 Å². The van der Waals surface area contributed by atoms with Crippen LogP contribution in [0, 0.1) is 11.8 Å². The van der Waals surface area contributed by atoms with Crippen molar-refractivity contribution in [1.29, 1.82) is 0 Å². The highest BCUT2D eigenvalue weighted by Gasteiger charge is 2.41. The van der Waals surface area contributed by atoms with Crippen molar-refractivity contribution in [2.24, 2.45) is 11.8 Å². The second-order valence-electron chi connectivity index (χ2n) is 6.33. The van der Waals surface area contributed by atoms with Crippen LogP contribution in [0.1, 0.15) is 57.8 Å². The topological polar surface area (TPSA) is 72.5 Å². The second kappa shape index (κ2) is 7.58. The highest BCUT2D eigenvalue weighted by molar-refractivity contribution is 7.90. The van der Waals surface area contributed by atoms with E-state index in [1.54, 1.807) is 0 Å². The Labute approximate surface area is 127 Å². The first-order valence-corrected chi connectivity index (χ1v) is 9.65. The average Bonchev–Trinajstić information content (AvgIpc) is 3.13. The van der Waals surface area contributed by atoms with Gasteiger partial charge in [0, 0.05) is 6.54 Å². The van der Waals surface area contributed by atoms with Gasteiger partial charge in [-0.3, -0.25) is 4.79 Å². The molecule has 0 radical (unpaired) electrons. The molecule has 0 spiro atoms. The number of hydrogen-bond acceptors (Lipinski definition) is 4. The lowest BCUT2D eigenvalue weighted by Gasteiger charge is -2.18. The SMILES string of the molecule is COC(=O)C1CCCC1S(=O)(=O)NCCCC1CCCC1. The van der Waals surface area contributed by atoms with Crippen LogP contribution in [0.4, 0.5) is 0 Å². The van der Waals surface area contributed by atoms with Crippen LogP contribution in [-0.4, -0.2) is 33.3 Å². The lowest BCUT2D eigenvalue weighted by molar-refractivity contribution is -0.145. The summed E-state index contributed by atoms with van der Waals surface area (Å²) in [5.41, 5.74) is 0. The van der Waals surface area contributed by atoms with Crippen molar-refractivity contribution in [2.45, 2.75) is 63.0 Å². The third kappa shape index (κ3) is 4.42. The van der Waals surface area contributed by atoms with Gasteiger partial charge in [-0.25, -0.2) is 13.1 Å². The number of carbonyl (C=O) groups excluding carboxylic acids is 1. The standard InChI is InChI=1S/C15H27NO4S/c1-20-15(17)13-9-4-10-14(13)21(18,19)16-11-5-8-12-6-2-3-7-12/h12-14,16H,2-11H2,1H3. The Morgan fingerprint density at radius 1 is 1.14 bits per heavy atom. The first-order chi connectivity index (χ1) is 10.0. The van der Waals surface area contributed by atoms with Crippen molar-refractivity contribution in [3.63, 3.8) is 0 Å². The summed E-state index contributed by atoms with van der Waals surface area (Å²) in [6.45, 7) is 0.489. The van der Waals surface area contributed by atoms with Crippen LogP contribution >= 0.6 is 0 Å². The summed E-state index contributed by atoms with van der Waals surface area (Å²) in [6, 6.07) is 0. The van der Waals surface area contributed by atoms with E-state index in [0.29, 0.717) is 19.4 Å². The van der Waals surface area contributed by atoms with Gasteiger partial charge in [0.05, 0.1) is 18.3 Å². The summed E-state index contributed by atoms with van der Waals surface area (Å²) < 4.78 is 32.1. The molecule has 0 aromatic carbocycles. The molecule has 0 aromatic rings. The highest BCUT2D eigenvalue weighted by Crippen LogP contribution is 2.32. The van der Waals surface area contributed by atoms with Gasteiger partial charge in [-0.15, -0.1) is 0 Å². The lowest BCUT2D eigenvalue weighted by atomic mass is 10.0. The minimum atomic E-state index is -3.41. The molecule has 2 unspecified atom stereocenters. The van der Waals surface area contributed by atoms with E-state index in [1.165, 1.54) is 32.8 Å². The van der Waals surface area contributed by atoms with Gasteiger partial charge in [0.1, 0.15) is 0 Å². The van der Waals surface area contributed by atoms with E-state index in [2.05, 4.69) is 4.72 Å². The number of nitrogens with one attached hydrogen (secondary N) is 1. The minimum Gasteiger partial charge on any atom is -0.469 e. The molecule has 2 rings (SSSR count). The molecule has 1 N–H and O–H groups in total. The number of hydrogen-bond donors (Lipinski definition) is 1. The summed E-state index contributed by atoms with van der Waals surface area (Å²) in [5.74, 6) is -0.111. The molecule has 0 amide bonds. The summed E-state index contributed by atoms with van der Waals surface area (Å²) in [7, 11) is -2.09. The van der Waals surface area contributed by atoms with Gasteiger partial charge in [0.2, 0.25) is 10.0 Å². The zero-order valence-electron chi connectivity index (χ0n) is 12.8. The fraction of sp³-hybridized carbons (Fsp3) is 0.933. The number of methoxy groups -OCH3 is 1. The van der Waals surface area contributed by atoms with Crippen molar-refractivity contribution in [3.8, 4) is 0 Å². The smallest absolute Gasteiger partial charge is 0.310 e. The van der Waals surface area contributed by atoms with Crippen LogP contribution in [-0.2, 0) is 19.6 Å². The predicted molar refractivity (Wildman–Crippen MR) is 81.3 cm³/mol. The van der Waals surface area contributed by atoms with Gasteiger partial charge in [0.25, 0.3) is 0 Å². The normalized spacial score (nSPS) is 27.1. The molecular formula is C15H27NO4S. The number of carbonyl (C=O) groups is 1. The quantitative estimate of drug-likeness (QED) is 0.577. The average molecular weight is 317 g/mol. The maximum Gasteiger partial charge on any atom is 0.310 e. The van der Waals surface area contributed by atoms with Crippen LogP contribution in [0.25, 0.3) is 0 Å². The van der Waals surface area contributed by atoms with Gasteiger partial charge in [-0.05, 0) is 31.6 Å². The molecule has 2 atom stereocenters. The Bertz CT molecular complexity index is 443. The molecular weight excluding hydrogens is 290 g/mol. The summed E-state index contributed by atoms with van der Waals surface area (Å²) in [5, 5.41) is -0.614. The van der Waals surface area contributed by atoms with Crippen LogP contribution in [0.3, 0.4) is 0 Å². The third-order valence-corrected chi connectivity index (χ3v) is 6.89. The Morgan fingerprint density at radius 2 is 1.86 bits per heavy atom. The molecule has 6 heteroatoms. The maximum absolute atomic E-state index is 12.3. The van der Waals surface area contributed by atoms with Crippen LogP contribution in [0.2, 0.25) is 0 Å². The number of esters is 1. The van der Waals surface area contributed by atoms with E-state index >= 15 is 0 Å². The van der Waals surface area contributed by atoms with E-state index in [1.807, 2.05) is 0 Å². The first kappa shape index (κ1) is 16.7. The van der Waals surface area contributed by atoms with Gasteiger partial charge in [-0.1, -0.05) is 32.1 Å². The van der Waals surface area contributed by atoms with Crippen molar-refractivity contribution in [2.75, 3.05) is 13.7 Å². The first-order valence-electron chi connectivity index (χ1n) is 8.11. The van der Waals surface area contributed by atoms with E-state index in [-0.39, 0.29) is 0 Å². The fourth-order valence-electron chi connectivity index (χ4n) is 3.73. The number of sulfonamides is 1. The molecule has 2 aliphatic rings. The maximum atomic E-state index is 12.3. The molecule has 122 valence electrons. The van der Waals surface area contributed by atoms with Gasteiger partial charge >= 0.3 is 5.97 Å². The molecule has 0 heterocycles. The summed E-state index contributed by atoms with van der Waals surface area (Å²) >= 11 is 0. The van der Waals surface area contributed by atoms with E-state index in [4.69, 9.17) is 4.74 Å². The van der Waals surface area contributed by atoms with E-state index in [0.717, 1.165) is 25.2 Å². The zero-order chi connectivity index (χ0) is 15.3. The Morgan fingerprint density at radius 3 is 2.52 bits per heavy atom.